The second-order valence-corrected chi connectivity index (χ2v) is 7.60. The molecule has 4 rings (SSSR count). The molecule has 0 radical (unpaired) electrons. The van der Waals surface area contributed by atoms with Crippen LogP contribution in [0.4, 0.5) is 15.9 Å². The van der Waals surface area contributed by atoms with Crippen molar-refractivity contribution in [3.05, 3.63) is 54.6 Å². The van der Waals surface area contributed by atoms with E-state index >= 15 is 0 Å². The van der Waals surface area contributed by atoms with Gasteiger partial charge in [-0.25, -0.2) is 4.39 Å². The highest BCUT2D eigenvalue weighted by Crippen LogP contribution is 2.23. The molecule has 8 heteroatoms. The number of benzene rings is 1. The Morgan fingerprint density at radius 3 is 2.67 bits per heavy atom. The number of hydrogen-bond donors (Lipinski definition) is 1. The van der Waals surface area contributed by atoms with Crippen molar-refractivity contribution < 1.29 is 4.39 Å². The van der Waals surface area contributed by atoms with E-state index in [9.17, 15) is 4.39 Å². The minimum absolute atomic E-state index is 0.136. The van der Waals surface area contributed by atoms with E-state index in [0.29, 0.717) is 22.9 Å². The Morgan fingerprint density at radius 2 is 1.89 bits per heavy atom. The minimum Gasteiger partial charge on any atom is -0.336 e. The molecule has 0 aliphatic rings. The summed E-state index contributed by atoms with van der Waals surface area (Å²) in [6.07, 6.45) is 3.68. The summed E-state index contributed by atoms with van der Waals surface area (Å²) < 4.78 is 17.6. The topological polar surface area (TPSA) is 72.9 Å². The molecule has 3 aromatic heterocycles. The van der Waals surface area contributed by atoms with Gasteiger partial charge in [-0.2, -0.15) is 9.61 Å². The first-order chi connectivity index (χ1) is 12.9. The van der Waals surface area contributed by atoms with Crippen molar-refractivity contribution in [2.75, 3.05) is 5.32 Å². The van der Waals surface area contributed by atoms with Crippen LogP contribution in [0.3, 0.4) is 0 Å². The van der Waals surface area contributed by atoms with Crippen LogP contribution < -0.4 is 5.32 Å². The molecule has 0 unspecified atom stereocenters. The van der Waals surface area contributed by atoms with Crippen LogP contribution in [0.2, 0.25) is 0 Å². The largest absolute Gasteiger partial charge is 0.336 e. The second kappa shape index (κ2) is 6.46. The molecule has 138 valence electrons. The molecule has 0 saturated carbocycles. The van der Waals surface area contributed by atoms with Crippen molar-refractivity contribution in [1.82, 2.24) is 29.6 Å². The predicted octanol–water partition coefficient (Wildman–Crippen LogP) is 3.92. The van der Waals surface area contributed by atoms with Crippen molar-refractivity contribution in [2.45, 2.75) is 27.3 Å². The summed E-state index contributed by atoms with van der Waals surface area (Å²) in [6, 6.07) is 10.0. The fraction of sp³-hybridized carbons (Fsp3) is 0.263. The van der Waals surface area contributed by atoms with Crippen LogP contribution >= 0.6 is 0 Å². The van der Waals surface area contributed by atoms with E-state index in [1.165, 1.54) is 10.6 Å². The molecule has 0 fully saturated rings. The van der Waals surface area contributed by atoms with Crippen LogP contribution in [0.1, 0.15) is 20.8 Å². The van der Waals surface area contributed by atoms with E-state index in [1.54, 1.807) is 36.5 Å². The average Bonchev–Trinajstić information content (AvgIpc) is 3.20. The van der Waals surface area contributed by atoms with Gasteiger partial charge in [-0.1, -0.05) is 32.9 Å². The van der Waals surface area contributed by atoms with Gasteiger partial charge in [0.1, 0.15) is 5.82 Å². The zero-order chi connectivity index (χ0) is 19.0. The standard InChI is InChI=1S/C19H20FN7/c1-19(2,3)12-26-11-13(10-21-26)22-16-8-9-17-23-24-18(27(17)25-16)14-6-4-5-7-15(14)20/h4-11H,12H2,1-3H3,(H,22,25). The third kappa shape index (κ3) is 3.64. The molecule has 0 bridgehead atoms. The Balaban J connectivity index is 1.64. The van der Waals surface area contributed by atoms with Crippen molar-refractivity contribution in [1.29, 1.82) is 0 Å². The lowest BCUT2D eigenvalue weighted by atomic mass is 9.97. The number of hydrogen-bond acceptors (Lipinski definition) is 5. The highest BCUT2D eigenvalue weighted by Gasteiger charge is 2.14. The predicted molar refractivity (Wildman–Crippen MR) is 101 cm³/mol. The number of fused-ring (bicyclic) bond motifs is 1. The van der Waals surface area contributed by atoms with Crippen LogP contribution in [0.5, 0.6) is 0 Å². The maximum atomic E-state index is 14.1. The smallest absolute Gasteiger partial charge is 0.188 e. The maximum Gasteiger partial charge on any atom is 0.188 e. The number of nitrogens with one attached hydrogen (secondary N) is 1. The fourth-order valence-electron chi connectivity index (χ4n) is 2.81. The summed E-state index contributed by atoms with van der Waals surface area (Å²) in [4.78, 5) is 0. The molecular formula is C19H20FN7. The van der Waals surface area contributed by atoms with Gasteiger partial charge in [0.05, 0.1) is 17.4 Å². The molecule has 0 aliphatic carbocycles. The molecular weight excluding hydrogens is 345 g/mol. The number of aromatic nitrogens is 6. The molecule has 27 heavy (non-hydrogen) atoms. The summed E-state index contributed by atoms with van der Waals surface area (Å²) in [6.45, 7) is 7.29. The highest BCUT2D eigenvalue weighted by atomic mass is 19.1. The molecule has 0 saturated heterocycles. The SMILES string of the molecule is CC(C)(C)Cn1cc(Nc2ccc3nnc(-c4ccccc4F)n3n2)cn1. The first-order valence-corrected chi connectivity index (χ1v) is 8.66. The Morgan fingerprint density at radius 1 is 1.07 bits per heavy atom. The molecule has 1 aromatic carbocycles. The monoisotopic (exact) mass is 365 g/mol. The van der Waals surface area contributed by atoms with Gasteiger partial charge in [-0.3, -0.25) is 4.68 Å². The summed E-state index contributed by atoms with van der Waals surface area (Å²) in [5.74, 6) is 0.584. The van der Waals surface area contributed by atoms with E-state index in [1.807, 2.05) is 10.9 Å². The second-order valence-electron chi connectivity index (χ2n) is 7.60. The molecule has 1 N–H and O–H groups in total. The van der Waals surface area contributed by atoms with Crippen LogP contribution in [-0.2, 0) is 6.54 Å². The van der Waals surface area contributed by atoms with E-state index in [4.69, 9.17) is 0 Å². The van der Waals surface area contributed by atoms with Gasteiger partial charge in [-0.05, 0) is 29.7 Å². The van der Waals surface area contributed by atoms with E-state index in [-0.39, 0.29) is 11.2 Å². The Labute approximate surface area is 155 Å². The average molecular weight is 365 g/mol. The van der Waals surface area contributed by atoms with Crippen molar-refractivity contribution in [2.24, 2.45) is 5.41 Å². The first kappa shape index (κ1) is 17.1. The zero-order valence-electron chi connectivity index (χ0n) is 15.4. The van der Waals surface area contributed by atoms with Crippen molar-refractivity contribution in [3.63, 3.8) is 0 Å². The van der Waals surface area contributed by atoms with Gasteiger partial charge in [-0.15, -0.1) is 15.3 Å². The van der Waals surface area contributed by atoms with Crippen LogP contribution in [0.25, 0.3) is 17.0 Å². The lowest BCUT2D eigenvalue weighted by Crippen LogP contribution is -2.15. The van der Waals surface area contributed by atoms with E-state index in [2.05, 4.69) is 46.5 Å². The summed E-state index contributed by atoms with van der Waals surface area (Å²) in [7, 11) is 0. The number of anilines is 2. The number of nitrogens with zero attached hydrogens (tertiary/aromatic N) is 6. The lowest BCUT2D eigenvalue weighted by Gasteiger charge is -2.17. The molecule has 0 spiro atoms. The molecule has 0 amide bonds. The van der Waals surface area contributed by atoms with Gasteiger partial charge in [0.15, 0.2) is 17.3 Å². The van der Waals surface area contributed by atoms with Crippen molar-refractivity contribution >= 4 is 17.2 Å². The zero-order valence-corrected chi connectivity index (χ0v) is 15.4. The Bertz CT molecular complexity index is 1090. The highest BCUT2D eigenvalue weighted by molar-refractivity contribution is 5.61. The van der Waals surface area contributed by atoms with Gasteiger partial charge in [0.2, 0.25) is 0 Å². The van der Waals surface area contributed by atoms with Crippen LogP contribution in [-0.4, -0.2) is 29.6 Å². The molecule has 3 heterocycles. The first-order valence-electron chi connectivity index (χ1n) is 8.66. The summed E-state index contributed by atoms with van der Waals surface area (Å²) in [5.41, 5.74) is 1.86. The van der Waals surface area contributed by atoms with Crippen molar-refractivity contribution in [3.8, 4) is 11.4 Å². The van der Waals surface area contributed by atoms with Gasteiger partial charge < -0.3 is 5.32 Å². The third-order valence-corrected chi connectivity index (χ3v) is 3.92. The fourth-order valence-corrected chi connectivity index (χ4v) is 2.81. The minimum atomic E-state index is -0.365. The van der Waals surface area contributed by atoms with Gasteiger partial charge in [0, 0.05) is 12.7 Å². The van der Waals surface area contributed by atoms with E-state index < -0.39 is 0 Å². The Hall–Kier alpha value is -3.29. The molecule has 7 nitrogen and oxygen atoms in total. The van der Waals surface area contributed by atoms with Crippen LogP contribution in [0, 0.1) is 11.2 Å². The van der Waals surface area contributed by atoms with Gasteiger partial charge >= 0.3 is 0 Å². The van der Waals surface area contributed by atoms with Crippen LogP contribution in [0.15, 0.2) is 48.8 Å². The Kier molecular flexibility index (Phi) is 4.10. The normalized spacial score (nSPS) is 11.9. The summed E-state index contributed by atoms with van der Waals surface area (Å²) >= 11 is 0. The van der Waals surface area contributed by atoms with Gasteiger partial charge in [0.25, 0.3) is 0 Å². The lowest BCUT2D eigenvalue weighted by molar-refractivity contribution is 0.325. The molecule has 0 aliphatic heterocycles. The van der Waals surface area contributed by atoms with E-state index in [0.717, 1.165) is 12.2 Å². The number of halogens is 1. The maximum absolute atomic E-state index is 14.1. The quantitative estimate of drug-likeness (QED) is 0.593. The molecule has 0 atom stereocenters. The molecule has 4 aromatic rings. The number of rotatable bonds is 4. The third-order valence-electron chi connectivity index (χ3n) is 3.92. The summed E-state index contributed by atoms with van der Waals surface area (Å²) in [5, 5.41) is 20.3.